The number of nitrogens with one attached hydrogen (secondary N) is 2. The highest BCUT2D eigenvalue weighted by molar-refractivity contribution is 5.88. The van der Waals surface area contributed by atoms with Crippen LogP contribution in [0, 0.1) is 13.8 Å². The molecule has 0 aliphatic heterocycles. The minimum absolute atomic E-state index is 0.531. The van der Waals surface area contributed by atoms with Gasteiger partial charge < -0.3 is 9.72 Å². The third kappa shape index (κ3) is 5.17. The van der Waals surface area contributed by atoms with Crippen molar-refractivity contribution in [3.05, 3.63) is 59.5 Å². The van der Waals surface area contributed by atoms with E-state index < -0.39 is 0 Å². The highest BCUT2D eigenvalue weighted by atomic mass is 16.5. The van der Waals surface area contributed by atoms with Crippen LogP contribution in [0.1, 0.15) is 23.7 Å². The molecule has 2 N–H and O–H groups in total. The molecule has 1 aromatic carbocycles. The van der Waals surface area contributed by atoms with Gasteiger partial charge in [0.05, 0.1) is 18.5 Å². The molecular formula is C19H22N4O2. The van der Waals surface area contributed by atoms with Gasteiger partial charge in [0.15, 0.2) is 0 Å². The quantitative estimate of drug-likeness (QED) is 0.425. The maximum atomic E-state index is 9.94. The van der Waals surface area contributed by atoms with Crippen molar-refractivity contribution in [1.29, 1.82) is 0 Å². The zero-order valence-electron chi connectivity index (χ0n) is 14.6. The molecule has 0 fully saturated rings. The van der Waals surface area contributed by atoms with Gasteiger partial charge in [-0.3, -0.25) is 9.78 Å². The van der Waals surface area contributed by atoms with Crippen molar-refractivity contribution in [3.63, 3.8) is 0 Å². The Kier molecular flexibility index (Phi) is 6.71. The maximum Gasteiger partial charge on any atom is 0.227 e. The molecule has 0 spiro atoms. The first-order valence-electron chi connectivity index (χ1n) is 8.00. The predicted molar refractivity (Wildman–Crippen MR) is 100.0 cm³/mol. The van der Waals surface area contributed by atoms with Crippen LogP contribution in [0.2, 0.25) is 0 Å². The number of amides is 1. The SMILES string of the molecule is CCOc1c(C)ccnc1C.O=CN/N=C/c1ccc2cc[nH]c2c1. The Labute approximate surface area is 146 Å². The van der Waals surface area contributed by atoms with Gasteiger partial charge in [0.2, 0.25) is 6.41 Å². The maximum absolute atomic E-state index is 9.94. The second kappa shape index (κ2) is 9.22. The summed E-state index contributed by atoms with van der Waals surface area (Å²) in [6.07, 6.45) is 5.81. The molecule has 6 heteroatoms. The van der Waals surface area contributed by atoms with E-state index in [9.17, 15) is 4.79 Å². The minimum Gasteiger partial charge on any atom is -0.492 e. The molecule has 25 heavy (non-hydrogen) atoms. The van der Waals surface area contributed by atoms with E-state index in [1.54, 1.807) is 12.4 Å². The number of aromatic nitrogens is 2. The number of hydrazone groups is 1. The summed E-state index contributed by atoms with van der Waals surface area (Å²) in [4.78, 5) is 17.2. The van der Waals surface area contributed by atoms with Gasteiger partial charge in [0, 0.05) is 17.9 Å². The lowest BCUT2D eigenvalue weighted by molar-refractivity contribution is -0.109. The van der Waals surface area contributed by atoms with E-state index in [0.29, 0.717) is 13.0 Å². The van der Waals surface area contributed by atoms with Gasteiger partial charge in [-0.15, -0.1) is 0 Å². The van der Waals surface area contributed by atoms with Crippen molar-refractivity contribution < 1.29 is 9.53 Å². The molecular weight excluding hydrogens is 316 g/mol. The number of hydrogen-bond donors (Lipinski definition) is 2. The Morgan fingerprint density at radius 1 is 1.28 bits per heavy atom. The summed E-state index contributed by atoms with van der Waals surface area (Å²) in [6.45, 7) is 6.66. The summed E-state index contributed by atoms with van der Waals surface area (Å²) in [5.41, 5.74) is 6.33. The van der Waals surface area contributed by atoms with Gasteiger partial charge in [-0.05, 0) is 55.5 Å². The third-order valence-corrected chi connectivity index (χ3v) is 3.49. The van der Waals surface area contributed by atoms with E-state index in [4.69, 9.17) is 4.74 Å². The average molecular weight is 338 g/mol. The standard InChI is InChI=1S/C10H9N3O.C9H13NO/c14-7-13-12-6-8-1-2-9-3-4-11-10(9)5-8;1-4-11-9-7(2)5-6-10-8(9)3/h1-7,11H,(H,13,14);5-6H,4H2,1-3H3/b12-6+;. The second-order valence-electron chi connectivity index (χ2n) is 5.30. The number of fused-ring (bicyclic) bond motifs is 1. The van der Waals surface area contributed by atoms with Gasteiger partial charge in [-0.25, -0.2) is 5.43 Å². The molecule has 0 radical (unpaired) electrons. The highest BCUT2D eigenvalue weighted by Gasteiger charge is 2.01. The van der Waals surface area contributed by atoms with Crippen LogP contribution in [-0.4, -0.2) is 29.2 Å². The summed E-state index contributed by atoms with van der Waals surface area (Å²) in [5, 5.41) is 4.85. The average Bonchev–Trinajstić information content (AvgIpc) is 3.07. The molecule has 0 saturated carbocycles. The van der Waals surface area contributed by atoms with E-state index in [1.165, 1.54) is 0 Å². The number of hydrogen-bond acceptors (Lipinski definition) is 4. The molecule has 0 bridgehead atoms. The third-order valence-electron chi connectivity index (χ3n) is 3.49. The normalized spacial score (nSPS) is 10.4. The number of rotatable bonds is 5. The molecule has 0 saturated heterocycles. The highest BCUT2D eigenvalue weighted by Crippen LogP contribution is 2.19. The van der Waals surface area contributed by atoms with Crippen molar-refractivity contribution in [1.82, 2.24) is 15.4 Å². The fourth-order valence-corrected chi connectivity index (χ4v) is 2.33. The van der Waals surface area contributed by atoms with Crippen LogP contribution in [0.4, 0.5) is 0 Å². The van der Waals surface area contributed by atoms with Crippen LogP contribution in [0.15, 0.2) is 47.8 Å². The largest absolute Gasteiger partial charge is 0.492 e. The fraction of sp³-hybridized carbons (Fsp3) is 0.211. The van der Waals surface area contributed by atoms with Crippen LogP contribution in [0.5, 0.6) is 5.75 Å². The minimum atomic E-state index is 0.531. The number of benzene rings is 1. The summed E-state index contributed by atoms with van der Waals surface area (Å²) < 4.78 is 5.40. The fourth-order valence-electron chi connectivity index (χ4n) is 2.33. The Hall–Kier alpha value is -3.15. The number of nitrogens with zero attached hydrogens (tertiary/aromatic N) is 2. The lowest BCUT2D eigenvalue weighted by Crippen LogP contribution is -2.00. The Bertz CT molecular complexity index is 835. The smallest absolute Gasteiger partial charge is 0.227 e. The van der Waals surface area contributed by atoms with Gasteiger partial charge in [0.1, 0.15) is 5.75 Å². The van der Waals surface area contributed by atoms with Crippen LogP contribution in [-0.2, 0) is 4.79 Å². The van der Waals surface area contributed by atoms with Gasteiger partial charge >= 0.3 is 0 Å². The Morgan fingerprint density at radius 2 is 2.12 bits per heavy atom. The van der Waals surface area contributed by atoms with Crippen LogP contribution in [0.25, 0.3) is 10.9 Å². The molecule has 0 aliphatic carbocycles. The van der Waals surface area contributed by atoms with E-state index in [-0.39, 0.29) is 0 Å². The number of ether oxygens (including phenoxy) is 1. The van der Waals surface area contributed by atoms with E-state index in [1.807, 2.05) is 57.3 Å². The lowest BCUT2D eigenvalue weighted by Gasteiger charge is -2.07. The molecule has 1 amide bonds. The Morgan fingerprint density at radius 3 is 2.84 bits per heavy atom. The van der Waals surface area contributed by atoms with E-state index >= 15 is 0 Å². The van der Waals surface area contributed by atoms with Crippen molar-refractivity contribution in [2.75, 3.05) is 6.61 Å². The van der Waals surface area contributed by atoms with Crippen molar-refractivity contribution in [3.8, 4) is 5.75 Å². The molecule has 0 atom stereocenters. The van der Waals surface area contributed by atoms with Gasteiger partial charge in [-0.1, -0.05) is 12.1 Å². The molecule has 0 unspecified atom stereocenters. The molecule has 0 aliphatic rings. The second-order valence-corrected chi connectivity index (χ2v) is 5.30. The number of pyridine rings is 1. The number of carbonyl (C=O) groups is 1. The zero-order chi connectivity index (χ0) is 18.1. The zero-order valence-corrected chi connectivity index (χ0v) is 14.6. The number of H-pyrrole nitrogens is 1. The monoisotopic (exact) mass is 338 g/mol. The first-order valence-corrected chi connectivity index (χ1v) is 8.00. The van der Waals surface area contributed by atoms with Crippen molar-refractivity contribution >= 4 is 23.5 Å². The molecule has 2 heterocycles. The molecule has 6 nitrogen and oxygen atoms in total. The van der Waals surface area contributed by atoms with Crippen molar-refractivity contribution in [2.45, 2.75) is 20.8 Å². The predicted octanol–water partition coefficient (Wildman–Crippen LogP) is 3.34. The molecule has 130 valence electrons. The first kappa shape index (κ1) is 18.2. The van der Waals surface area contributed by atoms with Crippen LogP contribution < -0.4 is 10.2 Å². The number of carbonyl (C=O) groups excluding carboxylic acids is 1. The molecule has 2 aromatic heterocycles. The summed E-state index contributed by atoms with van der Waals surface area (Å²) in [5.74, 6) is 0.926. The molecule has 3 aromatic rings. The topological polar surface area (TPSA) is 79.4 Å². The van der Waals surface area contributed by atoms with E-state index in [2.05, 4.69) is 20.5 Å². The summed E-state index contributed by atoms with van der Waals surface area (Å²) >= 11 is 0. The summed E-state index contributed by atoms with van der Waals surface area (Å²) in [7, 11) is 0. The lowest BCUT2D eigenvalue weighted by atomic mass is 10.2. The Balaban J connectivity index is 0.000000186. The van der Waals surface area contributed by atoms with E-state index in [0.717, 1.165) is 33.5 Å². The van der Waals surface area contributed by atoms with Crippen LogP contribution >= 0.6 is 0 Å². The number of aryl methyl sites for hydroxylation is 2. The first-order chi connectivity index (χ1) is 12.2. The number of aromatic amines is 1. The van der Waals surface area contributed by atoms with Crippen molar-refractivity contribution in [2.24, 2.45) is 5.10 Å². The molecule has 3 rings (SSSR count). The van der Waals surface area contributed by atoms with Gasteiger partial charge in [-0.2, -0.15) is 5.10 Å². The van der Waals surface area contributed by atoms with Gasteiger partial charge in [0.25, 0.3) is 0 Å². The summed E-state index contributed by atoms with van der Waals surface area (Å²) in [6, 6.07) is 9.85. The van der Waals surface area contributed by atoms with Crippen LogP contribution in [0.3, 0.4) is 0 Å².